The van der Waals surface area contributed by atoms with Crippen LogP contribution in [-0.4, -0.2) is 41.8 Å². The normalized spacial score (nSPS) is 9.75. The average Bonchev–Trinajstić information content (AvgIpc) is 2.53. The summed E-state index contributed by atoms with van der Waals surface area (Å²) in [4.78, 5) is 44.9. The van der Waals surface area contributed by atoms with Crippen molar-refractivity contribution in [2.75, 3.05) is 23.4 Å². The fraction of sp³-hybridized carbons (Fsp3) is 0.333. The molecule has 3 amide bonds. The highest BCUT2D eigenvalue weighted by Gasteiger charge is 2.09. The smallest absolute Gasteiger partial charge is 0.316 e. The molecular formula is C15H19N3O5S. The molecule has 0 saturated heterocycles. The van der Waals surface area contributed by atoms with Crippen molar-refractivity contribution in [2.45, 2.75) is 13.8 Å². The molecule has 0 atom stereocenters. The summed E-state index contributed by atoms with van der Waals surface area (Å²) >= 11 is 1.07. The lowest BCUT2D eigenvalue weighted by Crippen LogP contribution is -2.42. The van der Waals surface area contributed by atoms with E-state index in [1.807, 2.05) is 19.1 Å². The first-order chi connectivity index (χ1) is 11.4. The number of ether oxygens (including phenoxy) is 1. The third-order valence-corrected chi connectivity index (χ3v) is 3.44. The highest BCUT2D eigenvalue weighted by molar-refractivity contribution is 8.00. The lowest BCUT2D eigenvalue weighted by Gasteiger charge is -2.07. The summed E-state index contributed by atoms with van der Waals surface area (Å²) < 4.78 is 4.69. The second kappa shape index (κ2) is 10.3. The van der Waals surface area contributed by atoms with Gasteiger partial charge in [-0.2, -0.15) is 0 Å². The number of carbonyl (C=O) groups excluding carboxylic acids is 4. The molecule has 1 rings (SSSR count). The van der Waals surface area contributed by atoms with Crippen molar-refractivity contribution >= 4 is 41.1 Å². The van der Waals surface area contributed by atoms with E-state index in [-0.39, 0.29) is 17.4 Å². The van der Waals surface area contributed by atoms with E-state index >= 15 is 0 Å². The molecule has 1 aromatic carbocycles. The average molecular weight is 353 g/mol. The van der Waals surface area contributed by atoms with Crippen LogP contribution in [0.1, 0.15) is 12.5 Å². The molecule has 0 aromatic heterocycles. The minimum Gasteiger partial charge on any atom is -0.455 e. The first-order valence-corrected chi connectivity index (χ1v) is 8.17. The third-order valence-electron chi connectivity index (χ3n) is 2.53. The van der Waals surface area contributed by atoms with Gasteiger partial charge in [0.1, 0.15) is 0 Å². The highest BCUT2D eigenvalue weighted by Crippen LogP contribution is 2.09. The molecule has 0 bridgehead atoms. The van der Waals surface area contributed by atoms with Crippen molar-refractivity contribution in [3.8, 4) is 0 Å². The number of amides is 3. The van der Waals surface area contributed by atoms with Crippen molar-refractivity contribution in [1.29, 1.82) is 0 Å². The Bertz CT molecular complexity index is 604. The zero-order valence-corrected chi connectivity index (χ0v) is 14.2. The fourth-order valence-electron chi connectivity index (χ4n) is 1.44. The minimum atomic E-state index is -0.652. The molecule has 3 N–H and O–H groups in total. The summed E-state index contributed by atoms with van der Waals surface area (Å²) in [5.74, 6) is -1.93. The van der Waals surface area contributed by atoms with Crippen molar-refractivity contribution in [2.24, 2.45) is 0 Å². The number of aryl methyl sites for hydroxylation is 1. The van der Waals surface area contributed by atoms with Crippen molar-refractivity contribution in [3.63, 3.8) is 0 Å². The van der Waals surface area contributed by atoms with Crippen molar-refractivity contribution in [1.82, 2.24) is 10.9 Å². The van der Waals surface area contributed by atoms with Gasteiger partial charge in [0, 0.05) is 12.6 Å². The third kappa shape index (κ3) is 8.79. The van der Waals surface area contributed by atoms with Gasteiger partial charge in [-0.15, -0.1) is 11.8 Å². The Kier molecular flexibility index (Phi) is 8.34. The number of anilines is 1. The standard InChI is InChI=1S/C15H19N3O5S/c1-10-3-5-12(6-4-10)16-14(21)8-24-9-15(22)23-7-13(20)18-17-11(2)19/h3-6H,7-9H2,1-2H3,(H,16,21)(H,17,19)(H,18,20). The molecule has 0 spiro atoms. The van der Waals surface area contributed by atoms with E-state index in [9.17, 15) is 19.2 Å². The van der Waals surface area contributed by atoms with Crippen LogP contribution < -0.4 is 16.2 Å². The number of rotatable bonds is 7. The van der Waals surface area contributed by atoms with Crippen LogP contribution in [0.2, 0.25) is 0 Å². The van der Waals surface area contributed by atoms with Crippen molar-refractivity contribution in [3.05, 3.63) is 29.8 Å². The number of thioether (sulfide) groups is 1. The lowest BCUT2D eigenvalue weighted by atomic mass is 10.2. The SMILES string of the molecule is CC(=O)NNC(=O)COC(=O)CSCC(=O)Nc1ccc(C)cc1. The number of carbonyl (C=O) groups is 4. The van der Waals surface area contributed by atoms with E-state index in [4.69, 9.17) is 4.74 Å². The molecule has 0 aliphatic rings. The molecule has 9 heteroatoms. The van der Waals surface area contributed by atoms with Crippen LogP contribution in [0, 0.1) is 6.92 Å². The zero-order chi connectivity index (χ0) is 17.9. The second-order valence-electron chi connectivity index (χ2n) is 4.80. The number of benzene rings is 1. The molecule has 0 aliphatic heterocycles. The predicted octanol–water partition coefficient (Wildman–Crippen LogP) is 0.377. The fourth-order valence-corrected chi connectivity index (χ4v) is 2.05. The van der Waals surface area contributed by atoms with Crippen LogP contribution in [0.5, 0.6) is 0 Å². The minimum absolute atomic E-state index is 0.0608. The summed E-state index contributed by atoms with van der Waals surface area (Å²) in [5.41, 5.74) is 5.90. The van der Waals surface area contributed by atoms with Crippen LogP contribution in [0.15, 0.2) is 24.3 Å². The molecule has 0 saturated carbocycles. The molecule has 0 radical (unpaired) electrons. The summed E-state index contributed by atoms with van der Waals surface area (Å²) in [6, 6.07) is 7.35. The Morgan fingerprint density at radius 1 is 1.00 bits per heavy atom. The second-order valence-corrected chi connectivity index (χ2v) is 5.78. The van der Waals surface area contributed by atoms with Gasteiger partial charge >= 0.3 is 5.97 Å². The maximum Gasteiger partial charge on any atom is 0.316 e. The summed E-state index contributed by atoms with van der Waals surface area (Å²) in [6.07, 6.45) is 0. The van der Waals surface area contributed by atoms with Gasteiger partial charge in [-0.3, -0.25) is 30.0 Å². The summed E-state index contributed by atoms with van der Waals surface area (Å²) in [7, 11) is 0. The van der Waals surface area contributed by atoms with E-state index in [0.29, 0.717) is 5.69 Å². The van der Waals surface area contributed by atoms with E-state index in [1.54, 1.807) is 12.1 Å². The first-order valence-electron chi connectivity index (χ1n) is 7.02. The topological polar surface area (TPSA) is 114 Å². The largest absolute Gasteiger partial charge is 0.455 e. The molecule has 0 aliphatic carbocycles. The number of esters is 1. The highest BCUT2D eigenvalue weighted by atomic mass is 32.2. The van der Waals surface area contributed by atoms with Crippen LogP contribution in [0.25, 0.3) is 0 Å². The van der Waals surface area contributed by atoms with Crippen LogP contribution in [0.3, 0.4) is 0 Å². The molecule has 0 fully saturated rings. The zero-order valence-electron chi connectivity index (χ0n) is 13.4. The Morgan fingerprint density at radius 3 is 2.29 bits per heavy atom. The van der Waals surface area contributed by atoms with Crippen LogP contribution >= 0.6 is 11.8 Å². The Morgan fingerprint density at radius 2 is 1.67 bits per heavy atom. The number of nitrogens with one attached hydrogen (secondary N) is 3. The van der Waals surface area contributed by atoms with Gasteiger partial charge in [0.25, 0.3) is 5.91 Å². The predicted molar refractivity (Wildman–Crippen MR) is 90.1 cm³/mol. The monoisotopic (exact) mass is 353 g/mol. The lowest BCUT2D eigenvalue weighted by molar-refractivity contribution is -0.146. The molecular weight excluding hydrogens is 334 g/mol. The molecule has 0 heterocycles. The van der Waals surface area contributed by atoms with E-state index in [1.165, 1.54) is 6.92 Å². The molecule has 24 heavy (non-hydrogen) atoms. The van der Waals surface area contributed by atoms with Gasteiger partial charge in [0.05, 0.1) is 11.5 Å². The Balaban J connectivity index is 2.16. The molecule has 8 nitrogen and oxygen atoms in total. The Labute approximate surface area is 143 Å². The van der Waals surface area contributed by atoms with Gasteiger partial charge in [0.2, 0.25) is 11.8 Å². The maximum absolute atomic E-state index is 11.7. The quantitative estimate of drug-likeness (QED) is 0.482. The molecule has 1 aromatic rings. The van der Waals surface area contributed by atoms with Gasteiger partial charge in [-0.1, -0.05) is 17.7 Å². The van der Waals surface area contributed by atoms with Gasteiger partial charge in [-0.25, -0.2) is 0 Å². The van der Waals surface area contributed by atoms with Gasteiger partial charge in [-0.05, 0) is 19.1 Å². The first kappa shape index (κ1) is 19.5. The molecule has 0 unspecified atom stereocenters. The van der Waals surface area contributed by atoms with Crippen molar-refractivity contribution < 1.29 is 23.9 Å². The van der Waals surface area contributed by atoms with Crippen LogP contribution in [0.4, 0.5) is 5.69 Å². The number of hydrogen-bond acceptors (Lipinski definition) is 6. The van der Waals surface area contributed by atoms with Gasteiger partial charge in [0.15, 0.2) is 6.61 Å². The van der Waals surface area contributed by atoms with Gasteiger partial charge < -0.3 is 10.1 Å². The van der Waals surface area contributed by atoms with E-state index < -0.39 is 24.4 Å². The van der Waals surface area contributed by atoms with E-state index in [0.717, 1.165) is 17.3 Å². The molecule has 130 valence electrons. The van der Waals surface area contributed by atoms with E-state index in [2.05, 4.69) is 16.2 Å². The maximum atomic E-state index is 11.7. The summed E-state index contributed by atoms with van der Waals surface area (Å²) in [5, 5.41) is 2.70. The Hall–Kier alpha value is -2.55. The van der Waals surface area contributed by atoms with Crippen LogP contribution in [-0.2, 0) is 23.9 Å². The number of hydrogen-bond donors (Lipinski definition) is 3. The number of hydrazine groups is 1. The summed E-state index contributed by atoms with van der Waals surface area (Å²) in [6.45, 7) is 2.67.